The van der Waals surface area contributed by atoms with Gasteiger partial charge in [-0.2, -0.15) is 11.3 Å². The second kappa shape index (κ2) is 10.7. The first-order chi connectivity index (χ1) is 12.2. The molecular weight excluding hydrogens is 334 g/mol. The minimum absolute atomic E-state index is 0.451. The van der Waals surface area contributed by atoms with Crippen LogP contribution in [0.4, 0.5) is 0 Å². The van der Waals surface area contributed by atoms with E-state index in [2.05, 4.69) is 39.4 Å². The van der Waals surface area contributed by atoms with E-state index in [1.807, 2.05) is 24.3 Å². The number of aliphatic imine (C=N–C) groups is 1. The minimum Gasteiger partial charge on any atom is -0.496 e. The normalized spacial score (nSPS) is 12.7. The van der Waals surface area contributed by atoms with Gasteiger partial charge in [-0.05, 0) is 34.4 Å². The molecular formula is C19H27N3O2S. The smallest absolute Gasteiger partial charge is 0.191 e. The Kier molecular flexibility index (Phi) is 8.28. The van der Waals surface area contributed by atoms with Crippen molar-refractivity contribution in [3.63, 3.8) is 0 Å². The van der Waals surface area contributed by atoms with Gasteiger partial charge in [0.15, 0.2) is 5.96 Å². The van der Waals surface area contributed by atoms with E-state index < -0.39 is 0 Å². The summed E-state index contributed by atoms with van der Waals surface area (Å²) in [6.07, 6.45) is 0. The summed E-state index contributed by atoms with van der Waals surface area (Å²) in [5.41, 5.74) is 2.41. The highest BCUT2D eigenvalue weighted by Crippen LogP contribution is 2.18. The molecule has 0 aliphatic heterocycles. The molecule has 1 heterocycles. The van der Waals surface area contributed by atoms with Gasteiger partial charge in [-0.15, -0.1) is 0 Å². The van der Waals surface area contributed by atoms with Crippen LogP contribution >= 0.6 is 11.3 Å². The molecule has 6 heteroatoms. The Morgan fingerprint density at radius 3 is 2.80 bits per heavy atom. The van der Waals surface area contributed by atoms with Gasteiger partial charge in [-0.1, -0.05) is 25.1 Å². The van der Waals surface area contributed by atoms with Crippen molar-refractivity contribution in [2.45, 2.75) is 19.4 Å². The van der Waals surface area contributed by atoms with Crippen LogP contribution in [0, 0.1) is 0 Å². The summed E-state index contributed by atoms with van der Waals surface area (Å²) >= 11 is 1.73. The monoisotopic (exact) mass is 361 g/mol. The number of hydrogen-bond acceptors (Lipinski definition) is 4. The number of guanidine groups is 1. The Morgan fingerprint density at radius 1 is 1.24 bits per heavy atom. The molecule has 0 spiro atoms. The van der Waals surface area contributed by atoms with Crippen LogP contribution in [0.3, 0.4) is 0 Å². The third kappa shape index (κ3) is 6.40. The van der Waals surface area contributed by atoms with Crippen molar-refractivity contribution >= 4 is 17.3 Å². The highest BCUT2D eigenvalue weighted by atomic mass is 32.1. The maximum Gasteiger partial charge on any atom is 0.191 e. The van der Waals surface area contributed by atoms with Crippen LogP contribution < -0.4 is 15.4 Å². The summed E-state index contributed by atoms with van der Waals surface area (Å²) in [5, 5.41) is 10.9. The second-order valence-electron chi connectivity index (χ2n) is 5.70. The molecule has 0 saturated carbocycles. The van der Waals surface area contributed by atoms with Crippen LogP contribution in [0.5, 0.6) is 5.75 Å². The zero-order valence-electron chi connectivity index (χ0n) is 15.1. The number of methoxy groups -OCH3 is 1. The third-order valence-electron chi connectivity index (χ3n) is 3.90. The number of benzene rings is 1. The molecule has 0 amide bonds. The van der Waals surface area contributed by atoms with Gasteiger partial charge in [0.1, 0.15) is 5.75 Å². The molecule has 25 heavy (non-hydrogen) atoms. The van der Waals surface area contributed by atoms with E-state index in [0.29, 0.717) is 25.7 Å². The van der Waals surface area contributed by atoms with Gasteiger partial charge in [-0.3, -0.25) is 4.99 Å². The number of thiophene rings is 1. The van der Waals surface area contributed by atoms with Crippen molar-refractivity contribution < 1.29 is 9.47 Å². The average molecular weight is 362 g/mol. The lowest BCUT2D eigenvalue weighted by molar-refractivity contribution is 0.123. The number of para-hydroxylation sites is 1. The molecule has 1 aromatic heterocycles. The second-order valence-corrected chi connectivity index (χ2v) is 6.48. The summed E-state index contributed by atoms with van der Waals surface area (Å²) in [6, 6.07) is 10.1. The zero-order chi connectivity index (χ0) is 17.9. The van der Waals surface area contributed by atoms with Crippen molar-refractivity contribution in [1.82, 2.24) is 10.6 Å². The Morgan fingerprint density at radius 2 is 2.08 bits per heavy atom. The fraction of sp³-hybridized carbons (Fsp3) is 0.421. The van der Waals surface area contributed by atoms with Crippen molar-refractivity contribution in [2.75, 3.05) is 33.9 Å². The Labute approximate surface area is 154 Å². The third-order valence-corrected chi connectivity index (χ3v) is 4.60. The maximum atomic E-state index is 5.72. The van der Waals surface area contributed by atoms with Crippen molar-refractivity contribution in [1.29, 1.82) is 0 Å². The van der Waals surface area contributed by atoms with E-state index in [9.17, 15) is 0 Å². The van der Waals surface area contributed by atoms with E-state index >= 15 is 0 Å². The first kappa shape index (κ1) is 19.3. The molecule has 5 nitrogen and oxygen atoms in total. The summed E-state index contributed by atoms with van der Waals surface area (Å²) in [7, 11) is 3.45. The number of nitrogens with zero attached hydrogens (tertiary/aromatic N) is 1. The molecule has 0 radical (unpaired) electrons. The SMILES string of the molecule is CN=C(NCCOCc1ccccc1OC)NCC(C)c1ccsc1. The Hall–Kier alpha value is -2.05. The number of ether oxygens (including phenoxy) is 2. The average Bonchev–Trinajstić information content (AvgIpc) is 3.19. The van der Waals surface area contributed by atoms with Crippen LogP contribution in [-0.2, 0) is 11.3 Å². The number of hydrogen-bond donors (Lipinski definition) is 2. The lowest BCUT2D eigenvalue weighted by atomic mass is 10.1. The standard InChI is InChI=1S/C19H27N3O2S/c1-15(17-8-11-25-14-17)12-22-19(20-2)21-9-10-24-13-16-6-4-5-7-18(16)23-3/h4-8,11,14-15H,9-10,12-13H2,1-3H3,(H2,20,21,22). The zero-order valence-corrected chi connectivity index (χ0v) is 15.9. The van der Waals surface area contributed by atoms with E-state index in [0.717, 1.165) is 23.8 Å². The maximum absolute atomic E-state index is 5.72. The summed E-state index contributed by atoms with van der Waals surface area (Å²) in [5.74, 6) is 2.10. The highest BCUT2D eigenvalue weighted by molar-refractivity contribution is 7.07. The van der Waals surface area contributed by atoms with Crippen molar-refractivity contribution in [3.05, 3.63) is 52.2 Å². The van der Waals surface area contributed by atoms with Crippen LogP contribution in [0.25, 0.3) is 0 Å². The molecule has 2 aromatic rings. The molecule has 0 aliphatic carbocycles. The van der Waals surface area contributed by atoms with Crippen LogP contribution in [0.2, 0.25) is 0 Å². The lowest BCUT2D eigenvalue weighted by Gasteiger charge is -2.15. The van der Waals surface area contributed by atoms with E-state index in [-0.39, 0.29) is 0 Å². The fourth-order valence-corrected chi connectivity index (χ4v) is 3.17. The van der Waals surface area contributed by atoms with Crippen molar-refractivity contribution in [2.24, 2.45) is 4.99 Å². The predicted molar refractivity (Wildman–Crippen MR) is 105 cm³/mol. The molecule has 1 aromatic carbocycles. The predicted octanol–water partition coefficient (Wildman–Crippen LogP) is 3.24. The summed E-state index contributed by atoms with van der Waals surface area (Å²) in [4.78, 5) is 4.25. The molecule has 136 valence electrons. The molecule has 2 rings (SSSR count). The van der Waals surface area contributed by atoms with Gasteiger partial charge >= 0.3 is 0 Å². The quantitative estimate of drug-likeness (QED) is 0.409. The molecule has 0 fully saturated rings. The van der Waals surface area contributed by atoms with Gasteiger partial charge in [0.25, 0.3) is 0 Å². The van der Waals surface area contributed by atoms with E-state index in [4.69, 9.17) is 9.47 Å². The largest absolute Gasteiger partial charge is 0.496 e. The molecule has 2 N–H and O–H groups in total. The summed E-state index contributed by atoms with van der Waals surface area (Å²) < 4.78 is 11.0. The molecule has 1 unspecified atom stereocenters. The molecule has 0 aliphatic rings. The van der Waals surface area contributed by atoms with Gasteiger partial charge in [-0.25, -0.2) is 0 Å². The van der Waals surface area contributed by atoms with Gasteiger partial charge in [0, 0.05) is 25.7 Å². The van der Waals surface area contributed by atoms with Gasteiger partial charge in [0.05, 0.1) is 20.3 Å². The van der Waals surface area contributed by atoms with Gasteiger partial charge in [0.2, 0.25) is 0 Å². The van der Waals surface area contributed by atoms with Crippen molar-refractivity contribution in [3.8, 4) is 5.75 Å². The number of rotatable bonds is 9. The molecule has 1 atom stereocenters. The van der Waals surface area contributed by atoms with E-state index in [1.165, 1.54) is 5.56 Å². The first-order valence-electron chi connectivity index (χ1n) is 8.40. The Bertz CT molecular complexity index is 644. The Balaban J connectivity index is 1.64. The van der Waals surface area contributed by atoms with Crippen LogP contribution in [-0.4, -0.2) is 39.8 Å². The van der Waals surface area contributed by atoms with E-state index in [1.54, 1.807) is 25.5 Å². The number of nitrogens with one attached hydrogen (secondary N) is 2. The van der Waals surface area contributed by atoms with Gasteiger partial charge < -0.3 is 20.1 Å². The topological polar surface area (TPSA) is 54.9 Å². The molecule has 0 bridgehead atoms. The summed E-state index contributed by atoms with van der Waals surface area (Å²) in [6.45, 7) is 4.88. The lowest BCUT2D eigenvalue weighted by Crippen LogP contribution is -2.40. The highest BCUT2D eigenvalue weighted by Gasteiger charge is 2.07. The van der Waals surface area contributed by atoms with Crippen LogP contribution in [0.1, 0.15) is 24.0 Å². The first-order valence-corrected chi connectivity index (χ1v) is 9.35. The minimum atomic E-state index is 0.451. The molecule has 0 saturated heterocycles. The van der Waals surface area contributed by atoms with Crippen LogP contribution in [0.15, 0.2) is 46.1 Å². The fourth-order valence-electron chi connectivity index (χ4n) is 2.39.